The van der Waals surface area contributed by atoms with E-state index in [1.807, 2.05) is 18.2 Å². The predicted octanol–water partition coefficient (Wildman–Crippen LogP) is 2.87. The minimum atomic E-state index is 0.657. The Morgan fingerprint density at radius 1 is 1.47 bits per heavy atom. The van der Waals surface area contributed by atoms with E-state index in [-0.39, 0.29) is 0 Å². The van der Waals surface area contributed by atoms with E-state index in [0.29, 0.717) is 11.6 Å². The summed E-state index contributed by atoms with van der Waals surface area (Å²) < 4.78 is 0.943. The fourth-order valence-electron chi connectivity index (χ4n) is 2.15. The Labute approximate surface area is 110 Å². The summed E-state index contributed by atoms with van der Waals surface area (Å²) in [4.78, 5) is 0. The molecule has 2 rings (SSSR count). The molecule has 1 aliphatic rings. The minimum absolute atomic E-state index is 0.657. The first-order chi connectivity index (χ1) is 8.28. The number of nitriles is 1. The predicted molar refractivity (Wildman–Crippen MR) is 73.0 cm³/mol. The van der Waals surface area contributed by atoms with Crippen molar-refractivity contribution in [2.45, 2.75) is 25.3 Å². The average Bonchev–Trinajstić information content (AvgIpc) is 2.81. The van der Waals surface area contributed by atoms with Gasteiger partial charge in [0.05, 0.1) is 11.6 Å². The zero-order chi connectivity index (χ0) is 12.1. The molecular formula is C13H16BrN3. The van der Waals surface area contributed by atoms with Gasteiger partial charge >= 0.3 is 0 Å². The first kappa shape index (κ1) is 12.4. The SMILES string of the molecule is N#Cc1cc(Br)cc(NCCC2CCCN2)c1. The van der Waals surface area contributed by atoms with Gasteiger partial charge in [-0.15, -0.1) is 0 Å². The second kappa shape index (κ2) is 6.04. The molecule has 0 radical (unpaired) electrons. The smallest absolute Gasteiger partial charge is 0.0992 e. The maximum atomic E-state index is 8.88. The lowest BCUT2D eigenvalue weighted by molar-refractivity contribution is 0.574. The Morgan fingerprint density at radius 2 is 2.35 bits per heavy atom. The lowest BCUT2D eigenvalue weighted by Gasteiger charge is -2.12. The van der Waals surface area contributed by atoms with Gasteiger partial charge in [-0.2, -0.15) is 5.26 Å². The summed E-state index contributed by atoms with van der Waals surface area (Å²) in [7, 11) is 0. The lowest BCUT2D eigenvalue weighted by Crippen LogP contribution is -2.24. The van der Waals surface area contributed by atoms with Gasteiger partial charge in [-0.3, -0.25) is 0 Å². The molecule has 0 aliphatic carbocycles. The van der Waals surface area contributed by atoms with Crippen LogP contribution in [0, 0.1) is 11.3 Å². The van der Waals surface area contributed by atoms with Crippen LogP contribution in [0.4, 0.5) is 5.69 Å². The van der Waals surface area contributed by atoms with Crippen LogP contribution in [0.3, 0.4) is 0 Å². The third kappa shape index (κ3) is 3.72. The third-order valence-corrected chi connectivity index (χ3v) is 3.47. The van der Waals surface area contributed by atoms with E-state index in [0.717, 1.165) is 29.7 Å². The molecule has 1 fully saturated rings. The molecule has 0 amide bonds. The molecule has 0 bridgehead atoms. The van der Waals surface area contributed by atoms with Gasteiger partial charge in [-0.1, -0.05) is 15.9 Å². The van der Waals surface area contributed by atoms with Crippen molar-refractivity contribution in [3.8, 4) is 6.07 Å². The summed E-state index contributed by atoms with van der Waals surface area (Å²) in [5.74, 6) is 0. The fraction of sp³-hybridized carbons (Fsp3) is 0.462. The van der Waals surface area contributed by atoms with Crippen molar-refractivity contribution in [3.63, 3.8) is 0 Å². The van der Waals surface area contributed by atoms with E-state index in [4.69, 9.17) is 5.26 Å². The largest absolute Gasteiger partial charge is 0.385 e. The van der Waals surface area contributed by atoms with Gasteiger partial charge in [0.25, 0.3) is 0 Å². The highest BCUT2D eigenvalue weighted by Crippen LogP contribution is 2.19. The number of hydrogen-bond donors (Lipinski definition) is 2. The van der Waals surface area contributed by atoms with E-state index in [2.05, 4.69) is 32.6 Å². The van der Waals surface area contributed by atoms with Crippen molar-refractivity contribution in [2.75, 3.05) is 18.4 Å². The van der Waals surface area contributed by atoms with E-state index in [1.54, 1.807) is 0 Å². The van der Waals surface area contributed by atoms with E-state index in [1.165, 1.54) is 12.8 Å². The molecule has 4 heteroatoms. The van der Waals surface area contributed by atoms with Crippen LogP contribution in [0.15, 0.2) is 22.7 Å². The molecule has 2 N–H and O–H groups in total. The molecule has 17 heavy (non-hydrogen) atoms. The first-order valence-corrected chi connectivity index (χ1v) is 6.75. The molecule has 0 aromatic heterocycles. The molecular weight excluding hydrogens is 278 g/mol. The number of benzene rings is 1. The van der Waals surface area contributed by atoms with Crippen LogP contribution in [-0.4, -0.2) is 19.1 Å². The van der Waals surface area contributed by atoms with Gasteiger partial charge in [0.2, 0.25) is 0 Å². The molecule has 1 heterocycles. The zero-order valence-corrected chi connectivity index (χ0v) is 11.3. The van der Waals surface area contributed by atoms with Crippen LogP contribution < -0.4 is 10.6 Å². The molecule has 0 spiro atoms. The van der Waals surface area contributed by atoms with E-state index >= 15 is 0 Å². The van der Waals surface area contributed by atoms with Crippen LogP contribution in [0.25, 0.3) is 0 Å². The van der Waals surface area contributed by atoms with Crippen molar-refractivity contribution in [1.29, 1.82) is 5.26 Å². The van der Waals surface area contributed by atoms with E-state index in [9.17, 15) is 0 Å². The van der Waals surface area contributed by atoms with E-state index < -0.39 is 0 Å². The standard InChI is InChI=1S/C13H16BrN3/c14-11-6-10(9-15)7-13(8-11)17-5-3-12-2-1-4-16-12/h6-8,12,16-17H,1-5H2. The minimum Gasteiger partial charge on any atom is -0.385 e. The third-order valence-electron chi connectivity index (χ3n) is 3.01. The monoisotopic (exact) mass is 293 g/mol. The quantitative estimate of drug-likeness (QED) is 0.897. The number of nitrogens with zero attached hydrogens (tertiary/aromatic N) is 1. The van der Waals surface area contributed by atoms with Crippen LogP contribution in [0.1, 0.15) is 24.8 Å². The molecule has 0 saturated carbocycles. The summed E-state index contributed by atoms with van der Waals surface area (Å²) in [5, 5.41) is 15.7. The van der Waals surface area contributed by atoms with Crippen molar-refractivity contribution < 1.29 is 0 Å². The van der Waals surface area contributed by atoms with Gasteiger partial charge in [-0.05, 0) is 44.0 Å². The Kier molecular flexibility index (Phi) is 4.41. The second-order valence-corrected chi connectivity index (χ2v) is 5.26. The number of halogens is 1. The summed E-state index contributed by atoms with van der Waals surface area (Å²) >= 11 is 3.41. The number of nitrogens with one attached hydrogen (secondary N) is 2. The average molecular weight is 294 g/mol. The molecule has 1 atom stereocenters. The summed E-state index contributed by atoms with van der Waals surface area (Å²) in [6, 6.07) is 8.52. The molecule has 3 nitrogen and oxygen atoms in total. The van der Waals surface area contributed by atoms with Gasteiger partial charge in [0, 0.05) is 22.7 Å². The van der Waals surface area contributed by atoms with Crippen molar-refractivity contribution in [3.05, 3.63) is 28.2 Å². The number of rotatable bonds is 4. The maximum absolute atomic E-state index is 8.88. The maximum Gasteiger partial charge on any atom is 0.0992 e. The lowest BCUT2D eigenvalue weighted by atomic mass is 10.1. The summed E-state index contributed by atoms with van der Waals surface area (Å²) in [6.07, 6.45) is 3.71. The van der Waals surface area contributed by atoms with Crippen LogP contribution in [0.2, 0.25) is 0 Å². The molecule has 1 saturated heterocycles. The van der Waals surface area contributed by atoms with Gasteiger partial charge < -0.3 is 10.6 Å². The fourth-order valence-corrected chi connectivity index (χ4v) is 2.64. The van der Waals surface area contributed by atoms with Crippen LogP contribution in [-0.2, 0) is 0 Å². The van der Waals surface area contributed by atoms with Crippen molar-refractivity contribution in [2.24, 2.45) is 0 Å². The molecule has 1 aliphatic heterocycles. The van der Waals surface area contributed by atoms with Crippen molar-refractivity contribution >= 4 is 21.6 Å². The zero-order valence-electron chi connectivity index (χ0n) is 9.67. The van der Waals surface area contributed by atoms with Gasteiger partial charge in [0.15, 0.2) is 0 Å². The van der Waals surface area contributed by atoms with Gasteiger partial charge in [0.1, 0.15) is 0 Å². The number of anilines is 1. The molecule has 1 aromatic rings. The van der Waals surface area contributed by atoms with Crippen LogP contribution in [0.5, 0.6) is 0 Å². The molecule has 1 aromatic carbocycles. The Balaban J connectivity index is 1.85. The van der Waals surface area contributed by atoms with Crippen molar-refractivity contribution in [1.82, 2.24) is 5.32 Å². The summed E-state index contributed by atoms with van der Waals surface area (Å²) in [6.45, 7) is 2.10. The Hall–Kier alpha value is -1.05. The molecule has 90 valence electrons. The normalized spacial score (nSPS) is 18.9. The first-order valence-electron chi connectivity index (χ1n) is 5.96. The Morgan fingerprint density at radius 3 is 3.06 bits per heavy atom. The highest BCUT2D eigenvalue weighted by Gasteiger charge is 2.12. The highest BCUT2D eigenvalue weighted by molar-refractivity contribution is 9.10. The van der Waals surface area contributed by atoms with Gasteiger partial charge in [-0.25, -0.2) is 0 Å². The topological polar surface area (TPSA) is 47.9 Å². The molecule has 1 unspecified atom stereocenters. The second-order valence-electron chi connectivity index (χ2n) is 4.35. The summed E-state index contributed by atoms with van der Waals surface area (Å²) in [5.41, 5.74) is 1.69. The number of hydrogen-bond acceptors (Lipinski definition) is 3. The van der Waals surface area contributed by atoms with Crippen LogP contribution >= 0.6 is 15.9 Å². The highest BCUT2D eigenvalue weighted by atomic mass is 79.9. The Bertz CT molecular complexity index is 419.